The third kappa shape index (κ3) is 4.49. The molecule has 0 unspecified atom stereocenters. The molecule has 0 bridgehead atoms. The fraction of sp³-hybridized carbons (Fsp3) is 0.333. The fourth-order valence-corrected chi connectivity index (χ4v) is 3.28. The van der Waals surface area contributed by atoms with Gasteiger partial charge in [0.05, 0.1) is 37.2 Å². The Labute approximate surface area is 167 Å². The van der Waals surface area contributed by atoms with Crippen molar-refractivity contribution < 1.29 is 23.7 Å². The molecule has 1 amide bonds. The van der Waals surface area contributed by atoms with Gasteiger partial charge in [-0.3, -0.25) is 9.78 Å². The van der Waals surface area contributed by atoms with Gasteiger partial charge in [0, 0.05) is 31.4 Å². The van der Waals surface area contributed by atoms with Gasteiger partial charge < -0.3 is 29.7 Å². The van der Waals surface area contributed by atoms with Crippen molar-refractivity contribution in [2.24, 2.45) is 5.73 Å². The monoisotopic (exact) mass is 397 g/mol. The van der Waals surface area contributed by atoms with Gasteiger partial charge in [-0.05, 0) is 24.3 Å². The Hall–Kier alpha value is -3.10. The number of amides is 1. The van der Waals surface area contributed by atoms with Crippen molar-refractivity contribution >= 4 is 16.8 Å². The van der Waals surface area contributed by atoms with E-state index in [1.54, 1.807) is 19.4 Å². The number of methoxy groups -OCH3 is 1. The minimum atomic E-state index is -0.529. The first kappa shape index (κ1) is 19.2. The van der Waals surface area contributed by atoms with Crippen LogP contribution in [0.2, 0.25) is 0 Å². The highest BCUT2D eigenvalue weighted by Gasteiger charge is 2.19. The highest BCUT2D eigenvalue weighted by Crippen LogP contribution is 2.35. The molecule has 1 aliphatic heterocycles. The molecule has 3 N–H and O–H groups in total. The van der Waals surface area contributed by atoms with E-state index in [-0.39, 0.29) is 6.10 Å². The average Bonchev–Trinajstić information content (AvgIpc) is 3.15. The van der Waals surface area contributed by atoms with Crippen molar-refractivity contribution in [3.63, 3.8) is 0 Å². The number of aromatic nitrogens is 2. The van der Waals surface area contributed by atoms with E-state index in [1.807, 2.05) is 24.3 Å². The topological polar surface area (TPSA) is 109 Å². The van der Waals surface area contributed by atoms with Crippen molar-refractivity contribution in [1.82, 2.24) is 9.97 Å². The first-order chi connectivity index (χ1) is 14.1. The molecule has 0 spiro atoms. The summed E-state index contributed by atoms with van der Waals surface area (Å²) in [6, 6.07) is 9.01. The molecule has 3 heterocycles. The molecule has 29 heavy (non-hydrogen) atoms. The van der Waals surface area contributed by atoms with E-state index in [9.17, 15) is 4.79 Å². The van der Waals surface area contributed by atoms with Crippen LogP contribution in [0.4, 0.5) is 0 Å². The van der Waals surface area contributed by atoms with Crippen LogP contribution in [0.25, 0.3) is 10.9 Å². The third-order valence-corrected chi connectivity index (χ3v) is 4.72. The van der Waals surface area contributed by atoms with E-state index >= 15 is 0 Å². The number of fused-ring (bicyclic) bond motifs is 1. The predicted octanol–water partition coefficient (Wildman–Crippen LogP) is 3.16. The van der Waals surface area contributed by atoms with Crippen molar-refractivity contribution in [3.05, 3.63) is 47.9 Å². The van der Waals surface area contributed by atoms with Gasteiger partial charge in [0.1, 0.15) is 29.0 Å². The summed E-state index contributed by atoms with van der Waals surface area (Å²) in [5, 5.41) is 0.780. The lowest BCUT2D eigenvalue weighted by atomic mass is 10.1. The van der Waals surface area contributed by atoms with Crippen LogP contribution in [0.5, 0.6) is 17.2 Å². The van der Waals surface area contributed by atoms with Crippen molar-refractivity contribution in [1.29, 1.82) is 0 Å². The molecular weight excluding hydrogens is 374 g/mol. The maximum absolute atomic E-state index is 11.6. The van der Waals surface area contributed by atoms with E-state index in [4.69, 9.17) is 24.7 Å². The fourth-order valence-electron chi connectivity index (χ4n) is 3.28. The molecule has 1 aromatic carbocycles. The van der Waals surface area contributed by atoms with Crippen molar-refractivity contribution in [3.8, 4) is 17.2 Å². The van der Waals surface area contributed by atoms with Gasteiger partial charge in [-0.15, -0.1) is 0 Å². The van der Waals surface area contributed by atoms with Crippen LogP contribution < -0.4 is 15.2 Å². The van der Waals surface area contributed by atoms with E-state index in [1.165, 1.54) is 0 Å². The second kappa shape index (κ2) is 8.50. The summed E-state index contributed by atoms with van der Waals surface area (Å²) in [4.78, 5) is 19.0. The zero-order valence-electron chi connectivity index (χ0n) is 16.1. The van der Waals surface area contributed by atoms with Gasteiger partial charge in [0.2, 0.25) is 0 Å². The van der Waals surface area contributed by atoms with Crippen LogP contribution in [-0.2, 0) is 16.1 Å². The normalized spacial score (nSPS) is 14.8. The van der Waals surface area contributed by atoms with Crippen LogP contribution in [0, 0.1) is 0 Å². The molecule has 1 aliphatic rings. The Morgan fingerprint density at radius 1 is 1.24 bits per heavy atom. The number of carbonyl (C=O) groups is 1. The number of carbonyl (C=O) groups excluding carboxylic acids is 1. The van der Waals surface area contributed by atoms with Gasteiger partial charge in [0.25, 0.3) is 5.91 Å². The highest BCUT2D eigenvalue weighted by atomic mass is 16.5. The third-order valence-electron chi connectivity index (χ3n) is 4.72. The number of hydrogen-bond acceptors (Lipinski definition) is 6. The van der Waals surface area contributed by atoms with Gasteiger partial charge >= 0.3 is 0 Å². The SMILES string of the molecule is COCc1ccc(Oc2cc(OC3CCOCC3)c3[nH]c(C(N)=O)cc3c2)cn1. The number of H-pyrrole nitrogens is 1. The number of ether oxygens (including phenoxy) is 4. The minimum absolute atomic E-state index is 0.0394. The number of nitrogens with two attached hydrogens (primary N) is 1. The summed E-state index contributed by atoms with van der Waals surface area (Å²) in [7, 11) is 1.62. The molecule has 2 aromatic heterocycles. The highest BCUT2D eigenvalue weighted by molar-refractivity contribution is 5.99. The second-order valence-corrected chi connectivity index (χ2v) is 6.88. The summed E-state index contributed by atoms with van der Waals surface area (Å²) in [6.45, 7) is 1.77. The summed E-state index contributed by atoms with van der Waals surface area (Å²) in [5.41, 5.74) is 7.28. The lowest BCUT2D eigenvalue weighted by Gasteiger charge is -2.24. The summed E-state index contributed by atoms with van der Waals surface area (Å²) >= 11 is 0. The largest absolute Gasteiger partial charge is 0.488 e. The first-order valence-electron chi connectivity index (χ1n) is 9.45. The molecule has 8 nitrogen and oxygen atoms in total. The predicted molar refractivity (Wildman–Crippen MR) is 106 cm³/mol. The minimum Gasteiger partial charge on any atom is -0.488 e. The Morgan fingerprint density at radius 2 is 2.07 bits per heavy atom. The zero-order valence-corrected chi connectivity index (χ0v) is 16.1. The van der Waals surface area contributed by atoms with Gasteiger partial charge in [-0.25, -0.2) is 0 Å². The van der Waals surface area contributed by atoms with Crippen LogP contribution >= 0.6 is 0 Å². The van der Waals surface area contributed by atoms with Crippen molar-refractivity contribution in [2.75, 3.05) is 20.3 Å². The summed E-state index contributed by atoms with van der Waals surface area (Å²) in [5.74, 6) is 1.25. The molecule has 1 saturated heterocycles. The standard InChI is InChI=1S/C21H23N3O5/c1-26-12-14-2-3-16(11-23-14)28-17-8-13-9-18(21(22)25)24-20(13)19(10-17)29-15-4-6-27-7-5-15/h2-3,8-11,15,24H,4-7,12H2,1H3,(H2,22,25). The van der Waals surface area contributed by atoms with E-state index in [0.29, 0.717) is 48.3 Å². The zero-order chi connectivity index (χ0) is 20.2. The molecule has 152 valence electrons. The number of pyridine rings is 1. The number of aromatic amines is 1. The van der Waals surface area contributed by atoms with Gasteiger partial charge in [-0.2, -0.15) is 0 Å². The summed E-state index contributed by atoms with van der Waals surface area (Å²) in [6.07, 6.45) is 3.29. The number of primary amides is 1. The average molecular weight is 397 g/mol. The molecular formula is C21H23N3O5. The lowest BCUT2D eigenvalue weighted by Crippen LogP contribution is -2.26. The first-order valence-corrected chi connectivity index (χ1v) is 9.45. The van der Waals surface area contributed by atoms with Gasteiger partial charge in [-0.1, -0.05) is 0 Å². The van der Waals surface area contributed by atoms with E-state index in [2.05, 4.69) is 9.97 Å². The maximum Gasteiger partial charge on any atom is 0.265 e. The molecule has 0 saturated carbocycles. The molecule has 1 fully saturated rings. The number of hydrogen-bond donors (Lipinski definition) is 2. The second-order valence-electron chi connectivity index (χ2n) is 6.88. The van der Waals surface area contributed by atoms with Crippen LogP contribution in [0.3, 0.4) is 0 Å². The van der Waals surface area contributed by atoms with Crippen molar-refractivity contribution in [2.45, 2.75) is 25.6 Å². The van der Waals surface area contributed by atoms with Crippen LogP contribution in [0.15, 0.2) is 36.5 Å². The molecule has 0 atom stereocenters. The number of rotatable bonds is 7. The van der Waals surface area contributed by atoms with E-state index < -0.39 is 5.91 Å². The molecule has 8 heteroatoms. The number of benzene rings is 1. The lowest BCUT2D eigenvalue weighted by molar-refractivity contribution is 0.0260. The Kier molecular flexibility index (Phi) is 5.64. The van der Waals surface area contributed by atoms with E-state index in [0.717, 1.165) is 23.9 Å². The molecule has 0 aliphatic carbocycles. The van der Waals surface area contributed by atoms with Gasteiger partial charge in [0.15, 0.2) is 0 Å². The summed E-state index contributed by atoms with van der Waals surface area (Å²) < 4.78 is 22.7. The van der Waals surface area contributed by atoms with Crippen LogP contribution in [-0.4, -0.2) is 42.3 Å². The number of nitrogens with zero attached hydrogens (tertiary/aromatic N) is 1. The number of nitrogens with one attached hydrogen (secondary N) is 1. The molecule has 3 aromatic rings. The molecule has 4 rings (SSSR count). The quantitative estimate of drug-likeness (QED) is 0.634. The maximum atomic E-state index is 11.6. The Morgan fingerprint density at radius 3 is 2.76 bits per heavy atom. The molecule has 0 radical (unpaired) electrons. The smallest absolute Gasteiger partial charge is 0.265 e. The Bertz CT molecular complexity index is 993. The Balaban J connectivity index is 1.64. The van der Waals surface area contributed by atoms with Crippen LogP contribution in [0.1, 0.15) is 29.0 Å².